The summed E-state index contributed by atoms with van der Waals surface area (Å²) in [6.45, 7) is 9.97. The summed E-state index contributed by atoms with van der Waals surface area (Å²) in [5, 5.41) is 0. The smallest absolute Gasteiger partial charge is 0.343 e. The van der Waals surface area contributed by atoms with Crippen molar-refractivity contribution in [2.24, 2.45) is 9.98 Å². The molecule has 0 spiro atoms. The number of benzene rings is 5. The summed E-state index contributed by atoms with van der Waals surface area (Å²) in [6.07, 6.45) is 29.3. The standard InChI is InChI=1S/C60H75FN2O6/c1-5-7-9-11-13-15-17-19-21-23-37-66-57-35-33-53(39-46(57)3)62-44-48-25-29-50(30-26-48)59(64)68-55-41-52(61)42-56(43-55)69-60(65)51-31-27-49(28-32-51)45-63-54-34-36-58(47(4)40-54)67-38-24-22-20-18-16-14-12-10-8-6-2/h25-36,39-45H,5-24,37-38H2,1-4H3. The van der Waals surface area contributed by atoms with Crippen molar-refractivity contribution in [1.29, 1.82) is 0 Å². The lowest BCUT2D eigenvalue weighted by atomic mass is 10.1. The monoisotopic (exact) mass is 939 g/mol. The number of carbonyl (C=O) groups is 2. The Balaban J connectivity index is 1.02. The van der Waals surface area contributed by atoms with E-state index in [4.69, 9.17) is 18.9 Å². The molecule has 5 rings (SSSR count). The molecule has 69 heavy (non-hydrogen) atoms. The molecule has 0 aliphatic heterocycles. The average Bonchev–Trinajstić information content (AvgIpc) is 3.34. The number of rotatable bonds is 32. The Kier molecular flexibility index (Phi) is 24.3. The molecule has 0 N–H and O–H groups in total. The summed E-state index contributed by atoms with van der Waals surface area (Å²) < 4.78 is 37.7. The van der Waals surface area contributed by atoms with Gasteiger partial charge in [0.2, 0.25) is 0 Å². The van der Waals surface area contributed by atoms with Crippen LogP contribution in [0.3, 0.4) is 0 Å². The van der Waals surface area contributed by atoms with Gasteiger partial charge >= 0.3 is 11.9 Å². The Morgan fingerprint density at radius 3 is 1.14 bits per heavy atom. The molecule has 0 heterocycles. The largest absolute Gasteiger partial charge is 0.493 e. The third-order valence-electron chi connectivity index (χ3n) is 12.1. The molecule has 0 fully saturated rings. The van der Waals surface area contributed by atoms with E-state index >= 15 is 0 Å². The van der Waals surface area contributed by atoms with Crippen LogP contribution in [0.2, 0.25) is 0 Å². The van der Waals surface area contributed by atoms with E-state index in [0.717, 1.165) is 70.1 Å². The number of ether oxygens (including phenoxy) is 4. The summed E-state index contributed by atoms with van der Waals surface area (Å²) in [6, 6.07) is 28.6. The Morgan fingerprint density at radius 2 is 0.797 bits per heavy atom. The average molecular weight is 939 g/mol. The maximum atomic E-state index is 14.7. The summed E-state index contributed by atoms with van der Waals surface area (Å²) in [7, 11) is 0. The van der Waals surface area contributed by atoms with Crippen LogP contribution in [0.4, 0.5) is 15.8 Å². The zero-order chi connectivity index (χ0) is 48.9. The molecule has 0 bridgehead atoms. The van der Waals surface area contributed by atoms with Crippen LogP contribution in [0.1, 0.15) is 185 Å². The maximum absolute atomic E-state index is 14.7. The first-order valence-electron chi connectivity index (χ1n) is 25.7. The fourth-order valence-corrected chi connectivity index (χ4v) is 7.99. The van der Waals surface area contributed by atoms with Crippen LogP contribution in [-0.4, -0.2) is 37.6 Å². The topological polar surface area (TPSA) is 95.8 Å². The SMILES string of the molecule is CCCCCCCCCCCCOc1ccc(N=Cc2ccc(C(=O)Oc3cc(F)cc(OC(=O)c4ccc(C=Nc5ccc(OCCCCCCCCCCCC)c(C)c5)cc4)c3)cc2)cc1C. The molecule has 0 atom stereocenters. The molecule has 0 aliphatic carbocycles. The number of unbranched alkanes of at least 4 members (excludes halogenated alkanes) is 18. The van der Waals surface area contributed by atoms with Gasteiger partial charge in [0.15, 0.2) is 0 Å². The fraction of sp³-hybridized carbons (Fsp3) is 0.433. The van der Waals surface area contributed by atoms with Gasteiger partial charge in [-0.1, -0.05) is 154 Å². The number of carbonyl (C=O) groups excluding carboxylic acids is 2. The second kappa shape index (κ2) is 31.1. The molecular formula is C60H75FN2O6. The summed E-state index contributed by atoms with van der Waals surface area (Å²) in [5.74, 6) is -0.573. The van der Waals surface area contributed by atoms with Gasteiger partial charge in [0.05, 0.1) is 35.7 Å². The fourth-order valence-electron chi connectivity index (χ4n) is 7.99. The molecule has 0 unspecified atom stereocenters. The predicted molar refractivity (Wildman–Crippen MR) is 281 cm³/mol. The predicted octanol–water partition coefficient (Wildman–Crippen LogP) is 17.0. The van der Waals surface area contributed by atoms with Crippen LogP contribution >= 0.6 is 0 Å². The van der Waals surface area contributed by atoms with Crippen molar-refractivity contribution in [3.05, 3.63) is 142 Å². The van der Waals surface area contributed by atoms with Crippen LogP contribution in [0.15, 0.2) is 113 Å². The first-order valence-corrected chi connectivity index (χ1v) is 25.7. The molecular weight excluding hydrogens is 864 g/mol. The molecule has 0 radical (unpaired) electrons. The van der Waals surface area contributed by atoms with Crippen molar-refractivity contribution >= 4 is 35.7 Å². The number of aliphatic imine (C=N–C) groups is 2. The van der Waals surface area contributed by atoms with Gasteiger partial charge in [0, 0.05) is 30.6 Å². The molecule has 8 nitrogen and oxygen atoms in total. The van der Waals surface area contributed by atoms with Crippen molar-refractivity contribution in [1.82, 2.24) is 0 Å². The zero-order valence-electron chi connectivity index (χ0n) is 41.7. The first-order chi connectivity index (χ1) is 33.7. The molecule has 0 saturated carbocycles. The van der Waals surface area contributed by atoms with Gasteiger partial charge in [-0.3, -0.25) is 9.98 Å². The van der Waals surface area contributed by atoms with E-state index in [2.05, 4.69) is 23.8 Å². The minimum absolute atomic E-state index is 0.102. The number of hydrogen-bond donors (Lipinski definition) is 0. The molecule has 0 saturated heterocycles. The van der Waals surface area contributed by atoms with Gasteiger partial charge in [-0.15, -0.1) is 0 Å². The maximum Gasteiger partial charge on any atom is 0.343 e. The minimum Gasteiger partial charge on any atom is -0.493 e. The van der Waals surface area contributed by atoms with Crippen molar-refractivity contribution in [3.8, 4) is 23.0 Å². The van der Waals surface area contributed by atoms with Gasteiger partial charge in [-0.05, 0) is 110 Å². The normalized spacial score (nSPS) is 11.4. The number of hydrogen-bond acceptors (Lipinski definition) is 8. The van der Waals surface area contributed by atoms with Gasteiger partial charge < -0.3 is 18.9 Å². The Morgan fingerprint density at radius 1 is 0.449 bits per heavy atom. The van der Waals surface area contributed by atoms with E-state index in [0.29, 0.717) is 13.2 Å². The summed E-state index contributed by atoms with van der Waals surface area (Å²) in [4.78, 5) is 35.3. The molecule has 0 aromatic heterocycles. The van der Waals surface area contributed by atoms with Crippen LogP contribution < -0.4 is 18.9 Å². The highest BCUT2D eigenvalue weighted by Gasteiger charge is 2.15. The molecule has 0 amide bonds. The number of aryl methyl sites for hydroxylation is 2. The highest BCUT2D eigenvalue weighted by Crippen LogP contribution is 2.27. The van der Waals surface area contributed by atoms with Gasteiger partial charge in [-0.2, -0.15) is 0 Å². The zero-order valence-corrected chi connectivity index (χ0v) is 41.7. The molecule has 0 aliphatic rings. The van der Waals surface area contributed by atoms with Crippen molar-refractivity contribution in [2.45, 2.75) is 156 Å². The third kappa shape index (κ3) is 20.6. The highest BCUT2D eigenvalue weighted by molar-refractivity contribution is 5.93. The Bertz CT molecular complexity index is 2200. The summed E-state index contributed by atoms with van der Waals surface area (Å²) in [5.41, 5.74) is 5.71. The Labute approximate surface area is 411 Å². The third-order valence-corrected chi connectivity index (χ3v) is 12.1. The quantitative estimate of drug-likeness (QED) is 0.0184. The number of nitrogens with zero attached hydrogens (tertiary/aromatic N) is 2. The van der Waals surface area contributed by atoms with Crippen molar-refractivity contribution in [2.75, 3.05) is 13.2 Å². The van der Waals surface area contributed by atoms with E-state index < -0.39 is 17.8 Å². The summed E-state index contributed by atoms with van der Waals surface area (Å²) >= 11 is 0. The first kappa shape index (κ1) is 53.9. The van der Waals surface area contributed by atoms with Gasteiger partial charge in [0.25, 0.3) is 0 Å². The van der Waals surface area contributed by atoms with E-state index in [1.54, 1.807) is 61.0 Å². The second-order valence-electron chi connectivity index (χ2n) is 18.1. The lowest BCUT2D eigenvalue weighted by Crippen LogP contribution is -2.11. The molecule has 5 aromatic rings. The number of esters is 2. The lowest BCUT2D eigenvalue weighted by Gasteiger charge is -2.10. The Hall–Kier alpha value is -6.09. The number of halogens is 1. The minimum atomic E-state index is -0.728. The van der Waals surface area contributed by atoms with Crippen LogP contribution in [0.25, 0.3) is 0 Å². The highest BCUT2D eigenvalue weighted by atomic mass is 19.1. The van der Waals surface area contributed by atoms with Crippen LogP contribution in [0, 0.1) is 19.7 Å². The van der Waals surface area contributed by atoms with Gasteiger partial charge in [0.1, 0.15) is 28.8 Å². The van der Waals surface area contributed by atoms with E-state index in [1.165, 1.54) is 122 Å². The lowest BCUT2D eigenvalue weighted by molar-refractivity contribution is 0.0732. The van der Waals surface area contributed by atoms with Crippen molar-refractivity contribution in [3.63, 3.8) is 0 Å². The van der Waals surface area contributed by atoms with E-state index in [9.17, 15) is 14.0 Å². The molecule has 5 aromatic carbocycles. The van der Waals surface area contributed by atoms with Crippen LogP contribution in [0.5, 0.6) is 23.0 Å². The van der Waals surface area contributed by atoms with Crippen LogP contribution in [-0.2, 0) is 0 Å². The molecule has 368 valence electrons. The van der Waals surface area contributed by atoms with E-state index in [1.807, 2.05) is 50.2 Å². The second-order valence-corrected chi connectivity index (χ2v) is 18.1. The van der Waals surface area contributed by atoms with E-state index in [-0.39, 0.29) is 22.6 Å². The molecule has 9 heteroatoms. The van der Waals surface area contributed by atoms with Crippen molar-refractivity contribution < 1.29 is 32.9 Å². The van der Waals surface area contributed by atoms with Gasteiger partial charge in [-0.25, -0.2) is 14.0 Å².